The number of amides is 1. The first-order valence-electron chi connectivity index (χ1n) is 7.00. The van der Waals surface area contributed by atoms with E-state index in [4.69, 9.17) is 0 Å². The molecule has 2 rings (SSSR count). The summed E-state index contributed by atoms with van der Waals surface area (Å²) in [5.74, 6) is -0.250. The molecule has 3 nitrogen and oxygen atoms in total. The van der Waals surface area contributed by atoms with Crippen molar-refractivity contribution in [3.8, 4) is 0 Å². The molecule has 0 saturated heterocycles. The van der Waals surface area contributed by atoms with Gasteiger partial charge in [0.2, 0.25) is 5.95 Å². The molecule has 19 heavy (non-hydrogen) atoms. The molecule has 1 heterocycles. The minimum Gasteiger partial charge on any atom is -0.335 e. The molecule has 0 radical (unpaired) electrons. The molecule has 1 fully saturated rings. The van der Waals surface area contributed by atoms with Gasteiger partial charge in [-0.1, -0.05) is 26.7 Å². The fourth-order valence-electron chi connectivity index (χ4n) is 2.71. The zero-order chi connectivity index (χ0) is 13.8. The number of carbonyl (C=O) groups is 1. The number of halogens is 1. The fourth-order valence-corrected chi connectivity index (χ4v) is 2.71. The summed E-state index contributed by atoms with van der Waals surface area (Å²) in [5.41, 5.74) is 0.403. The number of carbonyl (C=O) groups excluding carboxylic acids is 1. The molecule has 1 aliphatic carbocycles. The van der Waals surface area contributed by atoms with Crippen LogP contribution in [0.25, 0.3) is 0 Å². The van der Waals surface area contributed by atoms with Crippen molar-refractivity contribution >= 4 is 5.91 Å². The van der Waals surface area contributed by atoms with Crippen LogP contribution in [0.2, 0.25) is 0 Å². The summed E-state index contributed by atoms with van der Waals surface area (Å²) in [6.45, 7) is 4.93. The Morgan fingerprint density at radius 2 is 2.16 bits per heavy atom. The molecule has 0 unspecified atom stereocenters. The summed E-state index contributed by atoms with van der Waals surface area (Å²) in [4.78, 5) is 18.0. The van der Waals surface area contributed by atoms with E-state index in [-0.39, 0.29) is 5.91 Å². The van der Waals surface area contributed by atoms with Gasteiger partial charge in [-0.2, -0.15) is 4.39 Å². The van der Waals surface area contributed by atoms with Crippen molar-refractivity contribution in [1.29, 1.82) is 0 Å². The monoisotopic (exact) mass is 264 g/mol. The minimum atomic E-state index is -0.596. The molecule has 0 N–H and O–H groups in total. The van der Waals surface area contributed by atoms with Crippen molar-refractivity contribution in [1.82, 2.24) is 9.88 Å². The lowest BCUT2D eigenvalue weighted by Gasteiger charge is -2.30. The van der Waals surface area contributed by atoms with E-state index in [1.165, 1.54) is 25.1 Å². The third kappa shape index (κ3) is 3.52. The smallest absolute Gasteiger partial charge is 0.254 e. The van der Waals surface area contributed by atoms with Crippen LogP contribution in [-0.4, -0.2) is 28.4 Å². The molecule has 1 aliphatic rings. The standard InChI is InChI=1S/C15H21FN2O/c1-11(2)10-18(13-5-3-4-6-13)15(19)12-7-8-17-14(16)9-12/h7-9,11,13H,3-6,10H2,1-2H3. The summed E-state index contributed by atoms with van der Waals surface area (Å²) >= 11 is 0. The third-order valence-electron chi connectivity index (χ3n) is 3.56. The van der Waals surface area contributed by atoms with Crippen LogP contribution < -0.4 is 0 Å². The predicted molar refractivity (Wildman–Crippen MR) is 72.3 cm³/mol. The highest BCUT2D eigenvalue weighted by molar-refractivity contribution is 5.94. The summed E-state index contributed by atoms with van der Waals surface area (Å²) in [6, 6.07) is 3.13. The Hall–Kier alpha value is -1.45. The molecule has 1 aromatic heterocycles. The van der Waals surface area contributed by atoms with Gasteiger partial charge in [-0.3, -0.25) is 4.79 Å². The van der Waals surface area contributed by atoms with E-state index >= 15 is 0 Å². The van der Waals surface area contributed by atoms with Gasteiger partial charge in [0, 0.05) is 30.4 Å². The largest absolute Gasteiger partial charge is 0.335 e. The number of pyridine rings is 1. The van der Waals surface area contributed by atoms with Crippen LogP contribution in [0.5, 0.6) is 0 Å². The first kappa shape index (κ1) is 14.0. The fraction of sp³-hybridized carbons (Fsp3) is 0.600. The lowest BCUT2D eigenvalue weighted by molar-refractivity contribution is 0.0655. The molecule has 104 valence electrons. The van der Waals surface area contributed by atoms with Crippen molar-refractivity contribution in [3.05, 3.63) is 29.8 Å². The average molecular weight is 264 g/mol. The highest BCUT2D eigenvalue weighted by Gasteiger charge is 2.28. The van der Waals surface area contributed by atoms with Gasteiger partial charge in [0.05, 0.1) is 0 Å². The van der Waals surface area contributed by atoms with Gasteiger partial charge in [-0.15, -0.1) is 0 Å². The van der Waals surface area contributed by atoms with Crippen LogP contribution >= 0.6 is 0 Å². The van der Waals surface area contributed by atoms with Crippen LogP contribution in [0.1, 0.15) is 49.9 Å². The number of nitrogens with zero attached hydrogens (tertiary/aromatic N) is 2. The SMILES string of the molecule is CC(C)CN(C(=O)c1ccnc(F)c1)C1CCCC1. The van der Waals surface area contributed by atoms with E-state index in [2.05, 4.69) is 18.8 Å². The Morgan fingerprint density at radius 1 is 1.47 bits per heavy atom. The summed E-state index contributed by atoms with van der Waals surface area (Å²) in [7, 11) is 0. The Morgan fingerprint density at radius 3 is 2.74 bits per heavy atom. The number of hydrogen-bond donors (Lipinski definition) is 0. The van der Waals surface area contributed by atoms with Crippen LogP contribution in [0.3, 0.4) is 0 Å². The number of hydrogen-bond acceptors (Lipinski definition) is 2. The molecule has 0 aliphatic heterocycles. The van der Waals surface area contributed by atoms with Crippen molar-refractivity contribution in [2.75, 3.05) is 6.54 Å². The van der Waals surface area contributed by atoms with Crippen LogP contribution in [0, 0.1) is 11.9 Å². The van der Waals surface area contributed by atoms with Gasteiger partial charge in [0.15, 0.2) is 0 Å². The minimum absolute atomic E-state index is 0.0677. The third-order valence-corrected chi connectivity index (χ3v) is 3.56. The highest BCUT2D eigenvalue weighted by Crippen LogP contribution is 2.25. The molecule has 1 amide bonds. The Balaban J connectivity index is 2.19. The maximum atomic E-state index is 13.1. The normalized spacial score (nSPS) is 16.0. The molecular weight excluding hydrogens is 243 g/mol. The van der Waals surface area contributed by atoms with Crippen molar-refractivity contribution in [2.24, 2.45) is 5.92 Å². The Labute approximate surface area is 113 Å². The molecule has 0 aromatic carbocycles. The van der Waals surface area contributed by atoms with E-state index in [1.54, 1.807) is 6.07 Å². The van der Waals surface area contributed by atoms with Crippen molar-refractivity contribution in [3.63, 3.8) is 0 Å². The highest BCUT2D eigenvalue weighted by atomic mass is 19.1. The molecule has 1 saturated carbocycles. The molecule has 0 bridgehead atoms. The summed E-state index contributed by atoms with van der Waals surface area (Å²) < 4.78 is 13.1. The molecular formula is C15H21FN2O. The molecule has 4 heteroatoms. The van der Waals surface area contributed by atoms with Gasteiger partial charge < -0.3 is 4.90 Å². The average Bonchev–Trinajstić information content (AvgIpc) is 2.88. The summed E-state index contributed by atoms with van der Waals surface area (Å²) in [6.07, 6.45) is 5.83. The first-order chi connectivity index (χ1) is 9.08. The summed E-state index contributed by atoms with van der Waals surface area (Å²) in [5, 5.41) is 0. The topological polar surface area (TPSA) is 33.2 Å². The molecule has 0 atom stereocenters. The number of rotatable bonds is 4. The van der Waals surface area contributed by atoms with Gasteiger partial charge in [-0.05, 0) is 24.8 Å². The lowest BCUT2D eigenvalue weighted by atomic mass is 10.1. The van der Waals surface area contributed by atoms with Gasteiger partial charge in [0.25, 0.3) is 5.91 Å². The molecule has 1 aromatic rings. The number of aromatic nitrogens is 1. The van der Waals surface area contributed by atoms with Crippen LogP contribution in [0.15, 0.2) is 18.3 Å². The molecule has 0 spiro atoms. The van der Waals surface area contributed by atoms with Crippen LogP contribution in [-0.2, 0) is 0 Å². The zero-order valence-corrected chi connectivity index (χ0v) is 11.6. The maximum absolute atomic E-state index is 13.1. The predicted octanol–water partition coefficient (Wildman–Crippen LogP) is 3.26. The van der Waals surface area contributed by atoms with Crippen molar-refractivity contribution in [2.45, 2.75) is 45.6 Å². The second kappa shape index (κ2) is 6.13. The quantitative estimate of drug-likeness (QED) is 0.782. The zero-order valence-electron chi connectivity index (χ0n) is 11.6. The van der Waals surface area contributed by atoms with Crippen LogP contribution in [0.4, 0.5) is 4.39 Å². The van der Waals surface area contributed by atoms with E-state index in [1.807, 2.05) is 4.90 Å². The van der Waals surface area contributed by atoms with Gasteiger partial charge >= 0.3 is 0 Å². The van der Waals surface area contributed by atoms with E-state index < -0.39 is 5.95 Å². The second-order valence-electron chi connectivity index (χ2n) is 5.66. The van der Waals surface area contributed by atoms with E-state index in [0.717, 1.165) is 19.4 Å². The second-order valence-corrected chi connectivity index (χ2v) is 5.66. The van der Waals surface area contributed by atoms with Crippen molar-refractivity contribution < 1.29 is 9.18 Å². The Bertz CT molecular complexity index is 442. The van der Waals surface area contributed by atoms with E-state index in [0.29, 0.717) is 17.5 Å². The lowest BCUT2D eigenvalue weighted by Crippen LogP contribution is -2.41. The van der Waals surface area contributed by atoms with E-state index in [9.17, 15) is 9.18 Å². The Kier molecular flexibility index (Phi) is 4.51. The maximum Gasteiger partial charge on any atom is 0.254 e. The first-order valence-corrected chi connectivity index (χ1v) is 7.00. The van der Waals surface area contributed by atoms with Gasteiger partial charge in [0.1, 0.15) is 0 Å². The van der Waals surface area contributed by atoms with Gasteiger partial charge in [-0.25, -0.2) is 4.98 Å².